The molecule has 2 amide bonds. The highest BCUT2D eigenvalue weighted by Crippen LogP contribution is 2.50. The van der Waals surface area contributed by atoms with Gasteiger partial charge in [-0.15, -0.1) is 0 Å². The molecule has 3 aliphatic heterocycles. The van der Waals surface area contributed by atoms with E-state index in [-0.39, 0.29) is 35.9 Å². The van der Waals surface area contributed by atoms with E-state index in [0.29, 0.717) is 29.4 Å². The zero-order valence-corrected chi connectivity index (χ0v) is 17.5. The summed E-state index contributed by atoms with van der Waals surface area (Å²) in [6, 6.07) is 5.70. The molecule has 0 unspecified atom stereocenters. The molecule has 3 fully saturated rings. The van der Waals surface area contributed by atoms with E-state index >= 15 is 0 Å². The molecule has 158 valence electrons. The first kappa shape index (κ1) is 19.1. The maximum Gasteiger partial charge on any atom is 0.240 e. The summed E-state index contributed by atoms with van der Waals surface area (Å²) in [5.74, 6) is 0.327. The van der Waals surface area contributed by atoms with Gasteiger partial charge in [0.25, 0.3) is 0 Å². The lowest BCUT2D eigenvalue weighted by atomic mass is 9.81. The van der Waals surface area contributed by atoms with E-state index in [9.17, 15) is 9.59 Å². The normalized spacial score (nSPS) is 27.1. The molecule has 0 radical (unpaired) electrons. The first-order valence-electron chi connectivity index (χ1n) is 10.2. The predicted octanol–water partition coefficient (Wildman–Crippen LogP) is 2.23. The zero-order chi connectivity index (χ0) is 21.2. The van der Waals surface area contributed by atoms with Crippen molar-refractivity contribution in [2.75, 3.05) is 19.1 Å². The van der Waals surface area contributed by atoms with Gasteiger partial charge in [-0.1, -0.05) is 6.07 Å². The van der Waals surface area contributed by atoms with Crippen molar-refractivity contribution in [3.63, 3.8) is 0 Å². The lowest BCUT2D eigenvalue weighted by Crippen LogP contribution is -2.35. The number of hydrogen-bond donors (Lipinski definition) is 0. The van der Waals surface area contributed by atoms with Gasteiger partial charge in [0.2, 0.25) is 11.8 Å². The Kier molecular flexibility index (Phi) is 4.36. The first-order chi connectivity index (χ1) is 14.4. The Morgan fingerprint density at radius 1 is 1.03 bits per heavy atom. The van der Waals surface area contributed by atoms with Crippen LogP contribution in [0, 0.1) is 25.7 Å². The molecule has 4 atom stereocenters. The molecule has 0 spiro atoms. The average molecular weight is 411 g/mol. The second kappa shape index (κ2) is 6.84. The Bertz CT molecular complexity index is 1020. The third-order valence-electron chi connectivity index (χ3n) is 6.63. The summed E-state index contributed by atoms with van der Waals surface area (Å²) >= 11 is 0. The fraction of sp³-hybridized carbons (Fsp3) is 0.500. The number of rotatable bonds is 5. The number of carbonyl (C=O) groups is 2. The van der Waals surface area contributed by atoms with E-state index in [1.165, 1.54) is 4.90 Å². The van der Waals surface area contributed by atoms with E-state index in [2.05, 4.69) is 5.10 Å². The highest BCUT2D eigenvalue weighted by Gasteiger charge is 2.63. The number of hydrogen-bond acceptors (Lipinski definition) is 6. The van der Waals surface area contributed by atoms with E-state index in [1.54, 1.807) is 14.2 Å². The van der Waals surface area contributed by atoms with Crippen molar-refractivity contribution in [1.82, 2.24) is 9.78 Å². The molecule has 30 heavy (non-hydrogen) atoms. The average Bonchev–Trinajstić information content (AvgIpc) is 3.47. The predicted molar refractivity (Wildman–Crippen MR) is 108 cm³/mol. The Morgan fingerprint density at radius 2 is 1.67 bits per heavy atom. The van der Waals surface area contributed by atoms with E-state index in [1.807, 2.05) is 36.7 Å². The van der Waals surface area contributed by atoms with Gasteiger partial charge in [-0.25, -0.2) is 4.90 Å². The minimum atomic E-state index is -0.343. The third-order valence-corrected chi connectivity index (χ3v) is 6.63. The van der Waals surface area contributed by atoms with Crippen LogP contribution >= 0.6 is 0 Å². The number of carbonyl (C=O) groups excluding carboxylic acids is 2. The molecule has 8 nitrogen and oxygen atoms in total. The number of imide groups is 1. The summed E-state index contributed by atoms with van der Waals surface area (Å²) in [6.45, 7) is 4.23. The molecule has 2 bridgehead atoms. The zero-order valence-electron chi connectivity index (χ0n) is 17.5. The van der Waals surface area contributed by atoms with Gasteiger partial charge in [0, 0.05) is 0 Å². The maximum absolute atomic E-state index is 13.2. The fourth-order valence-electron chi connectivity index (χ4n) is 5.25. The second-order valence-electron chi connectivity index (χ2n) is 8.22. The largest absolute Gasteiger partial charge is 0.493 e. The Morgan fingerprint density at radius 3 is 2.27 bits per heavy atom. The number of nitrogens with zero attached hydrogens (tertiary/aromatic N) is 3. The van der Waals surface area contributed by atoms with Crippen molar-refractivity contribution in [1.29, 1.82) is 0 Å². The van der Waals surface area contributed by atoms with Crippen LogP contribution in [0.3, 0.4) is 0 Å². The summed E-state index contributed by atoms with van der Waals surface area (Å²) in [6.07, 6.45) is 1.47. The Balaban J connectivity index is 1.46. The van der Waals surface area contributed by atoms with Gasteiger partial charge in [-0.3, -0.25) is 14.3 Å². The molecule has 1 aromatic carbocycles. The van der Waals surface area contributed by atoms with Gasteiger partial charge >= 0.3 is 0 Å². The van der Waals surface area contributed by atoms with Crippen LogP contribution in [0.25, 0.3) is 0 Å². The lowest BCUT2D eigenvalue weighted by Gasteiger charge is -2.18. The number of fused-ring (bicyclic) bond motifs is 5. The van der Waals surface area contributed by atoms with Crippen LogP contribution in [0.5, 0.6) is 11.5 Å². The first-order valence-corrected chi connectivity index (χ1v) is 10.2. The van der Waals surface area contributed by atoms with Gasteiger partial charge in [0.1, 0.15) is 0 Å². The van der Waals surface area contributed by atoms with Crippen LogP contribution in [0.2, 0.25) is 0 Å². The second-order valence-corrected chi connectivity index (χ2v) is 8.22. The van der Waals surface area contributed by atoms with Crippen molar-refractivity contribution >= 4 is 17.5 Å². The van der Waals surface area contributed by atoms with Crippen LogP contribution in [-0.4, -0.2) is 48.0 Å². The quantitative estimate of drug-likeness (QED) is 0.702. The fourth-order valence-corrected chi connectivity index (χ4v) is 5.25. The maximum atomic E-state index is 13.2. The molecule has 4 heterocycles. The minimum Gasteiger partial charge on any atom is -0.493 e. The summed E-state index contributed by atoms with van der Waals surface area (Å²) < 4.78 is 18.3. The Hall–Kier alpha value is -2.87. The van der Waals surface area contributed by atoms with Gasteiger partial charge in [-0.2, -0.15) is 5.10 Å². The summed E-state index contributed by atoms with van der Waals surface area (Å²) in [5.41, 5.74) is 3.05. The summed E-state index contributed by atoms with van der Waals surface area (Å²) in [7, 11) is 3.20. The van der Waals surface area contributed by atoms with E-state index < -0.39 is 0 Å². The van der Waals surface area contributed by atoms with Crippen molar-refractivity contribution in [2.24, 2.45) is 11.8 Å². The summed E-state index contributed by atoms with van der Waals surface area (Å²) in [5, 5.41) is 4.63. The molecular formula is C22H25N3O5. The molecule has 1 aromatic heterocycles. The molecule has 0 N–H and O–H groups in total. The molecule has 2 aromatic rings. The Labute approximate surface area is 174 Å². The van der Waals surface area contributed by atoms with Crippen molar-refractivity contribution in [3.05, 3.63) is 35.2 Å². The molecule has 3 saturated heterocycles. The van der Waals surface area contributed by atoms with E-state index in [0.717, 1.165) is 24.1 Å². The van der Waals surface area contributed by atoms with Crippen LogP contribution in [0.15, 0.2) is 18.2 Å². The number of aryl methyl sites for hydroxylation is 1. The molecule has 0 aliphatic carbocycles. The van der Waals surface area contributed by atoms with Crippen LogP contribution in [0.4, 0.5) is 5.69 Å². The number of methoxy groups -OCH3 is 2. The van der Waals surface area contributed by atoms with Crippen molar-refractivity contribution in [3.8, 4) is 11.5 Å². The van der Waals surface area contributed by atoms with Crippen LogP contribution in [-0.2, 0) is 20.9 Å². The smallest absolute Gasteiger partial charge is 0.240 e. The minimum absolute atomic E-state index is 0.121. The topological polar surface area (TPSA) is 82.9 Å². The van der Waals surface area contributed by atoms with Gasteiger partial charge in [-0.05, 0) is 44.4 Å². The summed E-state index contributed by atoms with van der Waals surface area (Å²) in [4.78, 5) is 27.7. The van der Waals surface area contributed by atoms with Crippen molar-refractivity contribution < 1.29 is 23.8 Å². The van der Waals surface area contributed by atoms with Crippen LogP contribution < -0.4 is 14.4 Å². The SMILES string of the molecule is COc1ccc(Cn2nc(C)c(N3C(=O)[C@@H]4[C@H](C3=O)[C@@H]3CC[C@@H]4O3)c2C)cc1OC. The molecule has 8 heteroatoms. The highest BCUT2D eigenvalue weighted by molar-refractivity contribution is 6.23. The van der Waals surface area contributed by atoms with Crippen molar-refractivity contribution in [2.45, 2.75) is 45.4 Å². The lowest BCUT2D eigenvalue weighted by molar-refractivity contribution is -0.124. The van der Waals surface area contributed by atoms with Gasteiger partial charge < -0.3 is 14.2 Å². The van der Waals surface area contributed by atoms with Gasteiger partial charge in [0.05, 0.1) is 61.9 Å². The standard InChI is InChI=1S/C22H25N3O5/c1-11-20(25-21(26)18-15-7-8-16(30-15)19(18)22(25)27)12(2)24(23-11)10-13-5-6-14(28-3)17(9-13)29-4/h5-6,9,15-16,18-19H,7-8,10H2,1-4H3/t15-,16-,18-,19+/m0/s1. The molecular weight excluding hydrogens is 386 g/mol. The molecule has 0 saturated carbocycles. The monoisotopic (exact) mass is 411 g/mol. The molecule has 3 aliphatic rings. The number of amides is 2. The third kappa shape index (κ3) is 2.59. The van der Waals surface area contributed by atoms with Crippen LogP contribution in [0.1, 0.15) is 29.8 Å². The number of benzene rings is 1. The number of ether oxygens (including phenoxy) is 3. The van der Waals surface area contributed by atoms with Gasteiger partial charge in [0.15, 0.2) is 11.5 Å². The highest BCUT2D eigenvalue weighted by atomic mass is 16.5. The molecule has 5 rings (SSSR count). The number of aromatic nitrogens is 2. The number of anilines is 1. The van der Waals surface area contributed by atoms with E-state index in [4.69, 9.17) is 14.2 Å².